The molecule has 3 nitrogen and oxygen atoms in total. The summed E-state index contributed by atoms with van der Waals surface area (Å²) in [4.78, 5) is 0. The van der Waals surface area contributed by atoms with E-state index in [1.807, 2.05) is 0 Å². The highest BCUT2D eigenvalue weighted by atomic mass is 32.4. The van der Waals surface area contributed by atoms with Crippen LogP contribution >= 0.6 is 6.49 Å². The molecule has 17 heavy (non-hydrogen) atoms. The Hall–Kier alpha value is 0.530. The molecule has 0 rings (SSSR count). The minimum absolute atomic E-state index is 1.04. The molecule has 0 radical (unpaired) electrons. The monoisotopic (exact) mass is 279 g/mol. The van der Waals surface area contributed by atoms with Gasteiger partial charge in [-0.3, -0.25) is 14.0 Å². The highest BCUT2D eigenvalue weighted by molar-refractivity contribution is 8.11. The Balaban J connectivity index is 5.38. The molecule has 0 aromatic heterocycles. The zero-order chi connectivity index (χ0) is 13.5. The van der Waals surface area contributed by atoms with Gasteiger partial charge in [0.2, 0.25) is 0 Å². The zero-order valence-electron chi connectivity index (χ0n) is 12.4. The maximum Gasteiger partial charge on any atom is 0.145 e. The summed E-state index contributed by atoms with van der Waals surface area (Å²) >= 11 is 6.15. The first-order chi connectivity index (χ1) is 8.06. The maximum absolute atomic E-state index is 6.15. The van der Waals surface area contributed by atoms with Crippen LogP contribution in [-0.2, 0) is 11.8 Å². The summed E-state index contributed by atoms with van der Waals surface area (Å²) in [6.07, 6.45) is 0. The normalized spacial score (nSPS) is 13.0. The number of hydrogen-bond donors (Lipinski definition) is 0. The molecule has 0 N–H and O–H groups in total. The fourth-order valence-electron chi connectivity index (χ4n) is 2.31. The van der Waals surface area contributed by atoms with Gasteiger partial charge < -0.3 is 0 Å². The molecule has 0 spiro atoms. The zero-order valence-corrected chi connectivity index (χ0v) is 14.2. The Bertz CT molecular complexity index is 198. The fourth-order valence-corrected chi connectivity index (χ4v) is 7.68. The van der Waals surface area contributed by atoms with Gasteiger partial charge in [0.25, 0.3) is 0 Å². The van der Waals surface area contributed by atoms with Gasteiger partial charge in [-0.1, -0.05) is 41.5 Å². The molecule has 0 aromatic rings. The van der Waals surface area contributed by atoms with E-state index in [9.17, 15) is 0 Å². The summed E-state index contributed by atoms with van der Waals surface area (Å²) in [5, 5.41) is 0. The highest BCUT2D eigenvalue weighted by Crippen LogP contribution is 2.56. The van der Waals surface area contributed by atoms with Gasteiger partial charge in [-0.05, 0) is 11.8 Å². The lowest BCUT2D eigenvalue weighted by atomic mass is 10.7. The van der Waals surface area contributed by atoms with Crippen molar-refractivity contribution >= 4 is 18.3 Å². The van der Waals surface area contributed by atoms with Gasteiger partial charge in [0.05, 0.1) is 0 Å². The van der Waals surface area contributed by atoms with Crippen LogP contribution in [0.25, 0.3) is 0 Å². The van der Waals surface area contributed by atoms with Gasteiger partial charge in [-0.25, -0.2) is 0 Å². The molecule has 5 heteroatoms. The van der Waals surface area contributed by atoms with Crippen molar-refractivity contribution < 1.29 is 0 Å². The third kappa shape index (κ3) is 3.74. The smallest absolute Gasteiger partial charge is 0.145 e. The van der Waals surface area contributed by atoms with Gasteiger partial charge in [0, 0.05) is 39.3 Å². The molecule has 0 saturated carbocycles. The third-order valence-electron chi connectivity index (χ3n) is 3.30. The molecule has 0 amide bonds. The minimum atomic E-state index is -1.72. The molecule has 0 aliphatic carbocycles. The first-order valence-electron chi connectivity index (χ1n) is 6.92. The number of hydrogen-bond acceptors (Lipinski definition) is 1. The molecule has 0 unspecified atom stereocenters. The number of rotatable bonds is 9. The van der Waals surface area contributed by atoms with Crippen LogP contribution in [0.5, 0.6) is 0 Å². The summed E-state index contributed by atoms with van der Waals surface area (Å²) in [6.45, 7) is 17.9. The summed E-state index contributed by atoms with van der Waals surface area (Å²) in [5.41, 5.74) is 0. The molecule has 0 heterocycles. The van der Waals surface area contributed by atoms with Crippen LogP contribution in [0, 0.1) is 0 Å². The lowest BCUT2D eigenvalue weighted by Gasteiger charge is -2.47. The predicted octanol–water partition coefficient (Wildman–Crippen LogP) is 3.24. The molecular formula is C12H30N3PS. The molecular weight excluding hydrogens is 249 g/mol. The molecule has 0 bridgehead atoms. The summed E-state index contributed by atoms with van der Waals surface area (Å²) in [7, 11) is 0. The summed E-state index contributed by atoms with van der Waals surface area (Å²) in [5.74, 6) is 0. The van der Waals surface area contributed by atoms with Crippen LogP contribution in [0.4, 0.5) is 0 Å². The molecule has 0 fully saturated rings. The average molecular weight is 279 g/mol. The van der Waals surface area contributed by atoms with E-state index in [2.05, 4.69) is 55.6 Å². The summed E-state index contributed by atoms with van der Waals surface area (Å²) < 4.78 is 7.47. The Morgan fingerprint density at radius 3 is 0.882 bits per heavy atom. The van der Waals surface area contributed by atoms with E-state index in [4.69, 9.17) is 11.8 Å². The van der Waals surface area contributed by atoms with Crippen molar-refractivity contribution in [1.29, 1.82) is 0 Å². The van der Waals surface area contributed by atoms with Gasteiger partial charge in [0.1, 0.15) is 6.49 Å². The van der Waals surface area contributed by atoms with Crippen molar-refractivity contribution in [3.05, 3.63) is 0 Å². The van der Waals surface area contributed by atoms with E-state index >= 15 is 0 Å². The highest BCUT2D eigenvalue weighted by Gasteiger charge is 2.33. The average Bonchev–Trinajstić information content (AvgIpc) is 2.33. The molecule has 104 valence electrons. The lowest BCUT2D eigenvalue weighted by Crippen LogP contribution is -2.40. The summed E-state index contributed by atoms with van der Waals surface area (Å²) in [6, 6.07) is 0. The Kier molecular flexibility index (Phi) is 8.87. The first-order valence-corrected chi connectivity index (χ1v) is 9.58. The lowest BCUT2D eigenvalue weighted by molar-refractivity contribution is 0.349. The topological polar surface area (TPSA) is 9.72 Å². The SMILES string of the molecule is CCN(CC)P(=S)(N(CC)CC)N(CC)CC. The van der Waals surface area contributed by atoms with Gasteiger partial charge in [-0.15, -0.1) is 0 Å². The van der Waals surface area contributed by atoms with Crippen LogP contribution in [0.15, 0.2) is 0 Å². The third-order valence-corrected chi connectivity index (χ3v) is 9.28. The van der Waals surface area contributed by atoms with Crippen molar-refractivity contribution in [2.45, 2.75) is 41.5 Å². The maximum atomic E-state index is 6.15. The molecule has 0 atom stereocenters. The molecule has 0 aliphatic heterocycles. The Morgan fingerprint density at radius 1 is 0.588 bits per heavy atom. The van der Waals surface area contributed by atoms with E-state index in [-0.39, 0.29) is 0 Å². The van der Waals surface area contributed by atoms with Crippen LogP contribution in [0.1, 0.15) is 41.5 Å². The van der Waals surface area contributed by atoms with Gasteiger partial charge in [0.15, 0.2) is 0 Å². The molecule has 0 aliphatic rings. The largest absolute Gasteiger partial charge is 0.252 e. The van der Waals surface area contributed by atoms with Crippen molar-refractivity contribution in [2.24, 2.45) is 0 Å². The first kappa shape index (κ1) is 17.5. The van der Waals surface area contributed by atoms with Gasteiger partial charge >= 0.3 is 0 Å². The van der Waals surface area contributed by atoms with E-state index in [0.29, 0.717) is 0 Å². The van der Waals surface area contributed by atoms with Crippen molar-refractivity contribution in [3.8, 4) is 0 Å². The second-order valence-corrected chi connectivity index (χ2v) is 8.12. The van der Waals surface area contributed by atoms with E-state index in [1.54, 1.807) is 0 Å². The van der Waals surface area contributed by atoms with E-state index in [0.717, 1.165) is 39.3 Å². The van der Waals surface area contributed by atoms with Crippen LogP contribution < -0.4 is 0 Å². The fraction of sp³-hybridized carbons (Fsp3) is 1.00. The van der Waals surface area contributed by atoms with Crippen LogP contribution in [0.2, 0.25) is 0 Å². The number of nitrogens with zero attached hydrogens (tertiary/aromatic N) is 3. The predicted molar refractivity (Wildman–Crippen MR) is 83.0 cm³/mol. The second-order valence-electron chi connectivity index (χ2n) is 3.93. The van der Waals surface area contributed by atoms with Gasteiger partial charge in [-0.2, -0.15) is 0 Å². The van der Waals surface area contributed by atoms with E-state index < -0.39 is 6.49 Å². The van der Waals surface area contributed by atoms with Crippen LogP contribution in [0.3, 0.4) is 0 Å². The van der Waals surface area contributed by atoms with Crippen molar-refractivity contribution in [1.82, 2.24) is 14.0 Å². The quantitative estimate of drug-likeness (QED) is 0.599. The second kappa shape index (κ2) is 8.60. The Labute approximate surface area is 113 Å². The Morgan fingerprint density at radius 2 is 0.765 bits per heavy atom. The standard InChI is InChI=1S/C12H30N3PS/c1-7-13(8-2)16(17,14(9-3)10-4)15(11-5)12-6/h7-12H2,1-6H3. The molecule has 0 saturated heterocycles. The van der Waals surface area contributed by atoms with E-state index in [1.165, 1.54) is 0 Å². The van der Waals surface area contributed by atoms with Crippen molar-refractivity contribution in [3.63, 3.8) is 0 Å². The van der Waals surface area contributed by atoms with Crippen LogP contribution in [-0.4, -0.2) is 53.3 Å². The minimum Gasteiger partial charge on any atom is -0.252 e. The van der Waals surface area contributed by atoms with Crippen molar-refractivity contribution in [2.75, 3.05) is 39.3 Å². The molecule has 0 aromatic carbocycles.